The van der Waals surface area contributed by atoms with Gasteiger partial charge in [-0.15, -0.1) is 0 Å². The Hall–Kier alpha value is -0.550. The van der Waals surface area contributed by atoms with E-state index in [1.54, 1.807) is 6.92 Å². The van der Waals surface area contributed by atoms with E-state index < -0.39 is 5.41 Å². The van der Waals surface area contributed by atoms with Gasteiger partial charge in [0, 0.05) is 0 Å². The molecule has 1 unspecified atom stereocenters. The van der Waals surface area contributed by atoms with E-state index >= 15 is 0 Å². The lowest BCUT2D eigenvalue weighted by atomic mass is 9.88. The molecule has 2 nitrogen and oxygen atoms in total. The normalized spacial score (nSPS) is 15.8. The molecule has 0 fully saturated rings. The minimum atomic E-state index is -0.504. The van der Waals surface area contributed by atoms with Crippen LogP contribution in [-0.2, 0) is 0 Å². The van der Waals surface area contributed by atoms with Gasteiger partial charge in [0.2, 0.25) is 0 Å². The van der Waals surface area contributed by atoms with Crippen LogP contribution in [0.15, 0.2) is 0 Å². The highest BCUT2D eigenvalue weighted by Crippen LogP contribution is 2.21. The molecule has 0 saturated carbocycles. The number of aliphatic hydroxyl groups is 1. The molecule has 1 N–H and O–H groups in total. The second-order valence-corrected chi connectivity index (χ2v) is 2.93. The highest BCUT2D eigenvalue weighted by atomic mass is 16.3. The van der Waals surface area contributed by atoms with E-state index in [4.69, 9.17) is 10.4 Å². The molecule has 0 spiro atoms. The molecule has 0 heterocycles. The lowest BCUT2D eigenvalue weighted by Crippen LogP contribution is -2.18. The largest absolute Gasteiger partial charge is 0.395 e. The van der Waals surface area contributed by atoms with Crippen LogP contribution in [0.4, 0.5) is 0 Å². The Morgan fingerprint density at radius 2 is 2.20 bits per heavy atom. The average molecular weight is 141 g/mol. The molecule has 58 valence electrons. The van der Waals surface area contributed by atoms with Gasteiger partial charge in [0.1, 0.15) is 0 Å². The number of hydrogen-bond donors (Lipinski definition) is 1. The van der Waals surface area contributed by atoms with Crippen LogP contribution in [0.2, 0.25) is 0 Å². The molecule has 0 aromatic heterocycles. The summed E-state index contributed by atoms with van der Waals surface area (Å²) in [6.07, 6.45) is 2.90. The minimum absolute atomic E-state index is 0.0243. The Bertz CT molecular complexity index is 128. The maximum absolute atomic E-state index is 8.79. The van der Waals surface area contributed by atoms with Crippen molar-refractivity contribution in [1.29, 1.82) is 5.26 Å². The molecule has 2 heteroatoms. The third-order valence-corrected chi connectivity index (χ3v) is 1.70. The second-order valence-electron chi connectivity index (χ2n) is 2.93. The first kappa shape index (κ1) is 9.45. The van der Waals surface area contributed by atoms with Crippen LogP contribution in [0.25, 0.3) is 0 Å². The minimum Gasteiger partial charge on any atom is -0.395 e. The Morgan fingerprint density at radius 3 is 2.50 bits per heavy atom. The molecule has 0 aliphatic rings. The average Bonchev–Trinajstić information content (AvgIpc) is 2.00. The number of hydrogen-bond acceptors (Lipinski definition) is 2. The molecular formula is C8H15NO. The van der Waals surface area contributed by atoms with Crippen molar-refractivity contribution in [3.05, 3.63) is 0 Å². The van der Waals surface area contributed by atoms with Gasteiger partial charge >= 0.3 is 0 Å². The van der Waals surface area contributed by atoms with Crippen molar-refractivity contribution in [3.63, 3.8) is 0 Å². The fraction of sp³-hybridized carbons (Fsp3) is 0.875. The predicted octanol–water partition coefficient (Wildman–Crippen LogP) is 1.70. The summed E-state index contributed by atoms with van der Waals surface area (Å²) in [6, 6.07) is 2.11. The summed E-state index contributed by atoms with van der Waals surface area (Å²) in [6.45, 7) is 3.85. The molecule has 10 heavy (non-hydrogen) atoms. The van der Waals surface area contributed by atoms with E-state index in [0.717, 1.165) is 19.3 Å². The zero-order valence-corrected chi connectivity index (χ0v) is 6.72. The summed E-state index contributed by atoms with van der Waals surface area (Å²) in [7, 11) is 0. The van der Waals surface area contributed by atoms with Gasteiger partial charge < -0.3 is 5.11 Å². The SMILES string of the molecule is CCCCC(C)(C#N)CO. The molecule has 0 aliphatic carbocycles. The number of aliphatic hydroxyl groups excluding tert-OH is 1. The quantitative estimate of drug-likeness (QED) is 0.647. The van der Waals surface area contributed by atoms with E-state index in [0.29, 0.717) is 0 Å². The second kappa shape index (κ2) is 4.29. The Kier molecular flexibility index (Phi) is 4.06. The van der Waals surface area contributed by atoms with E-state index in [-0.39, 0.29) is 6.61 Å². The van der Waals surface area contributed by atoms with Gasteiger partial charge in [-0.25, -0.2) is 0 Å². The Balaban J connectivity index is 3.72. The van der Waals surface area contributed by atoms with Crippen LogP contribution in [0, 0.1) is 16.7 Å². The Morgan fingerprint density at radius 1 is 1.60 bits per heavy atom. The van der Waals surface area contributed by atoms with Gasteiger partial charge in [0.15, 0.2) is 0 Å². The molecule has 0 amide bonds. The summed E-state index contributed by atoms with van der Waals surface area (Å²) in [5.74, 6) is 0. The number of rotatable bonds is 4. The number of nitriles is 1. The zero-order valence-electron chi connectivity index (χ0n) is 6.72. The van der Waals surface area contributed by atoms with Crippen molar-refractivity contribution in [3.8, 4) is 6.07 Å². The van der Waals surface area contributed by atoms with E-state index in [1.165, 1.54) is 0 Å². The fourth-order valence-electron chi connectivity index (χ4n) is 0.737. The van der Waals surface area contributed by atoms with Gasteiger partial charge in [-0.2, -0.15) is 5.26 Å². The predicted molar refractivity (Wildman–Crippen MR) is 40.3 cm³/mol. The summed E-state index contributed by atoms with van der Waals surface area (Å²) in [5.41, 5.74) is -0.504. The first-order chi connectivity index (χ1) is 4.68. The maximum atomic E-state index is 8.79. The van der Waals surface area contributed by atoms with Gasteiger partial charge in [0.25, 0.3) is 0 Å². The molecule has 0 aromatic rings. The van der Waals surface area contributed by atoms with Crippen molar-refractivity contribution in [1.82, 2.24) is 0 Å². The smallest absolute Gasteiger partial charge is 0.0776 e. The monoisotopic (exact) mass is 141 g/mol. The Labute approximate surface area is 62.5 Å². The first-order valence-corrected chi connectivity index (χ1v) is 3.70. The summed E-state index contributed by atoms with van der Waals surface area (Å²) < 4.78 is 0. The van der Waals surface area contributed by atoms with E-state index in [1.807, 2.05) is 0 Å². The highest BCUT2D eigenvalue weighted by Gasteiger charge is 2.21. The molecule has 0 aromatic carbocycles. The zero-order chi connectivity index (χ0) is 8.04. The van der Waals surface area contributed by atoms with Crippen LogP contribution < -0.4 is 0 Å². The molecular weight excluding hydrogens is 126 g/mol. The molecule has 0 aliphatic heterocycles. The number of unbranched alkanes of at least 4 members (excludes halogenated alkanes) is 1. The van der Waals surface area contributed by atoms with Crippen molar-refractivity contribution >= 4 is 0 Å². The van der Waals surface area contributed by atoms with Crippen LogP contribution in [0.1, 0.15) is 33.1 Å². The van der Waals surface area contributed by atoms with Crippen LogP contribution in [0.3, 0.4) is 0 Å². The molecule has 1 atom stereocenters. The van der Waals surface area contributed by atoms with Gasteiger partial charge in [0.05, 0.1) is 18.1 Å². The van der Waals surface area contributed by atoms with Gasteiger partial charge in [-0.1, -0.05) is 19.8 Å². The van der Waals surface area contributed by atoms with Crippen molar-refractivity contribution in [2.24, 2.45) is 5.41 Å². The van der Waals surface area contributed by atoms with Crippen LogP contribution in [0.5, 0.6) is 0 Å². The molecule has 0 saturated heterocycles. The highest BCUT2D eigenvalue weighted by molar-refractivity contribution is 4.94. The van der Waals surface area contributed by atoms with Gasteiger partial charge in [-0.3, -0.25) is 0 Å². The van der Waals surface area contributed by atoms with E-state index in [2.05, 4.69) is 13.0 Å². The third-order valence-electron chi connectivity index (χ3n) is 1.70. The van der Waals surface area contributed by atoms with Crippen molar-refractivity contribution < 1.29 is 5.11 Å². The topological polar surface area (TPSA) is 44.0 Å². The molecule has 0 rings (SSSR count). The lowest BCUT2D eigenvalue weighted by molar-refractivity contribution is 0.179. The van der Waals surface area contributed by atoms with Crippen LogP contribution in [-0.4, -0.2) is 11.7 Å². The van der Waals surface area contributed by atoms with Crippen molar-refractivity contribution in [2.45, 2.75) is 33.1 Å². The molecule has 0 bridgehead atoms. The first-order valence-electron chi connectivity index (χ1n) is 3.70. The van der Waals surface area contributed by atoms with Gasteiger partial charge in [-0.05, 0) is 13.3 Å². The lowest BCUT2D eigenvalue weighted by Gasteiger charge is -2.16. The number of nitrogens with zero attached hydrogens (tertiary/aromatic N) is 1. The molecule has 0 radical (unpaired) electrons. The standard InChI is InChI=1S/C8H15NO/c1-3-4-5-8(2,6-9)7-10/h10H,3-5,7H2,1-2H3. The van der Waals surface area contributed by atoms with Crippen molar-refractivity contribution in [2.75, 3.05) is 6.61 Å². The maximum Gasteiger partial charge on any atom is 0.0776 e. The fourth-order valence-corrected chi connectivity index (χ4v) is 0.737. The van der Waals surface area contributed by atoms with E-state index in [9.17, 15) is 0 Å². The summed E-state index contributed by atoms with van der Waals surface area (Å²) in [4.78, 5) is 0. The third kappa shape index (κ3) is 2.84. The summed E-state index contributed by atoms with van der Waals surface area (Å²) >= 11 is 0. The summed E-state index contributed by atoms with van der Waals surface area (Å²) in [5, 5.41) is 17.4. The van der Waals surface area contributed by atoms with Crippen LogP contribution >= 0.6 is 0 Å².